The minimum Gasteiger partial charge on any atom is -0.477 e. The molecule has 27 heavy (non-hydrogen) atoms. The summed E-state index contributed by atoms with van der Waals surface area (Å²) in [6, 6.07) is 1.67. The maximum Gasteiger partial charge on any atom is 0.292 e. The number of rotatable bonds is 5. The fourth-order valence-corrected chi connectivity index (χ4v) is 3.85. The summed E-state index contributed by atoms with van der Waals surface area (Å²) in [6.45, 7) is 6.23. The van der Waals surface area contributed by atoms with Crippen LogP contribution in [-0.2, 0) is 4.74 Å². The summed E-state index contributed by atoms with van der Waals surface area (Å²) in [4.78, 5) is 22.6. The van der Waals surface area contributed by atoms with Crippen molar-refractivity contribution in [2.75, 3.05) is 26.3 Å². The summed E-state index contributed by atoms with van der Waals surface area (Å²) >= 11 is 0. The average Bonchev–Trinajstić information content (AvgIpc) is 3.06. The summed E-state index contributed by atoms with van der Waals surface area (Å²) in [6.07, 6.45) is 6.24. The highest BCUT2D eigenvalue weighted by Gasteiger charge is 2.49. The first-order valence-corrected chi connectivity index (χ1v) is 9.31. The molecule has 0 aromatic carbocycles. The molecule has 2 fully saturated rings. The third kappa shape index (κ3) is 3.95. The molecule has 2 aliphatic heterocycles. The molecule has 1 spiro atoms. The van der Waals surface area contributed by atoms with E-state index in [2.05, 4.69) is 15.1 Å². The zero-order valence-electron chi connectivity index (χ0n) is 15.7. The Morgan fingerprint density at radius 2 is 2.19 bits per heavy atom. The van der Waals surface area contributed by atoms with Gasteiger partial charge in [-0.05, 0) is 39.0 Å². The lowest BCUT2D eigenvalue weighted by Gasteiger charge is -2.52. The van der Waals surface area contributed by atoms with Crippen LogP contribution in [0.3, 0.4) is 0 Å². The summed E-state index contributed by atoms with van der Waals surface area (Å²) in [7, 11) is 0. The topological polar surface area (TPSA) is 90.6 Å². The first-order valence-electron chi connectivity index (χ1n) is 9.31. The van der Waals surface area contributed by atoms with Crippen LogP contribution in [0.25, 0.3) is 0 Å². The molecule has 4 rings (SSSR count). The number of likely N-dealkylation sites (tertiary alicyclic amines) is 1. The van der Waals surface area contributed by atoms with Crippen molar-refractivity contribution >= 4 is 5.91 Å². The first-order chi connectivity index (χ1) is 13.0. The maximum absolute atomic E-state index is 12.4. The number of ether oxygens (including phenoxy) is 2. The van der Waals surface area contributed by atoms with Crippen molar-refractivity contribution < 1.29 is 18.8 Å². The van der Waals surface area contributed by atoms with Gasteiger partial charge in [0.2, 0.25) is 11.6 Å². The van der Waals surface area contributed by atoms with Crippen LogP contribution in [0.1, 0.15) is 41.2 Å². The standard InChI is InChI=1S/C19H24N4O4/c1-13-7-16(27-22-13)18(24)23-11-19(12-23)8-15(4-6-26-19)3-5-25-17-10-20-9-14(2)21-17/h7,9-10,15H,3-6,8,11-12H2,1-2H3/t15-/m0/s1. The van der Waals surface area contributed by atoms with Crippen molar-refractivity contribution in [2.45, 2.75) is 38.7 Å². The zero-order valence-corrected chi connectivity index (χ0v) is 15.7. The zero-order chi connectivity index (χ0) is 18.9. The van der Waals surface area contributed by atoms with Crippen LogP contribution in [0.5, 0.6) is 5.88 Å². The second-order valence-electron chi connectivity index (χ2n) is 7.52. The molecular weight excluding hydrogens is 348 g/mol. The number of amides is 1. The number of hydrogen-bond acceptors (Lipinski definition) is 7. The number of aromatic nitrogens is 3. The average molecular weight is 372 g/mol. The van der Waals surface area contributed by atoms with Crippen molar-refractivity contribution in [3.05, 3.63) is 35.6 Å². The largest absolute Gasteiger partial charge is 0.477 e. The molecule has 0 saturated carbocycles. The Labute approximate surface area is 157 Å². The summed E-state index contributed by atoms with van der Waals surface area (Å²) in [5.74, 6) is 1.26. The van der Waals surface area contributed by atoms with Gasteiger partial charge in [0.05, 0.1) is 37.3 Å². The van der Waals surface area contributed by atoms with E-state index in [1.54, 1.807) is 30.3 Å². The molecule has 8 heteroatoms. The molecule has 144 valence electrons. The van der Waals surface area contributed by atoms with Gasteiger partial charge >= 0.3 is 0 Å². The number of aryl methyl sites for hydroxylation is 2. The van der Waals surface area contributed by atoms with E-state index in [9.17, 15) is 4.79 Å². The van der Waals surface area contributed by atoms with E-state index in [1.807, 2.05) is 6.92 Å². The molecule has 8 nitrogen and oxygen atoms in total. The van der Waals surface area contributed by atoms with Crippen molar-refractivity contribution in [1.82, 2.24) is 20.0 Å². The van der Waals surface area contributed by atoms with Gasteiger partial charge < -0.3 is 18.9 Å². The Hall–Kier alpha value is -2.48. The van der Waals surface area contributed by atoms with E-state index in [0.717, 1.165) is 31.6 Å². The van der Waals surface area contributed by atoms with E-state index in [0.29, 0.717) is 42.9 Å². The normalized spacial score (nSPS) is 21.1. The third-order valence-electron chi connectivity index (χ3n) is 5.19. The smallest absolute Gasteiger partial charge is 0.292 e. The first kappa shape index (κ1) is 17.9. The summed E-state index contributed by atoms with van der Waals surface area (Å²) in [5.41, 5.74) is 1.33. The van der Waals surface area contributed by atoms with Gasteiger partial charge in [-0.2, -0.15) is 0 Å². The van der Waals surface area contributed by atoms with Gasteiger partial charge in [-0.1, -0.05) is 5.16 Å². The SMILES string of the molecule is Cc1cc(C(=O)N2CC3(C[C@@H](CCOc4cncc(C)n4)CCO3)C2)on1. The molecule has 0 aliphatic carbocycles. The molecule has 2 aromatic rings. The molecular formula is C19H24N4O4. The minimum absolute atomic E-state index is 0.117. The van der Waals surface area contributed by atoms with Crippen LogP contribution < -0.4 is 4.74 Å². The molecule has 2 aromatic heterocycles. The fourth-order valence-electron chi connectivity index (χ4n) is 3.85. The minimum atomic E-state index is -0.225. The maximum atomic E-state index is 12.4. The second-order valence-corrected chi connectivity index (χ2v) is 7.52. The Morgan fingerprint density at radius 1 is 1.33 bits per heavy atom. The molecule has 1 amide bonds. The Bertz CT molecular complexity index is 816. The van der Waals surface area contributed by atoms with Gasteiger partial charge in [0, 0.05) is 18.9 Å². The lowest BCUT2D eigenvalue weighted by atomic mass is 9.79. The van der Waals surface area contributed by atoms with Crippen LogP contribution >= 0.6 is 0 Å². The lowest BCUT2D eigenvalue weighted by Crippen LogP contribution is -2.66. The van der Waals surface area contributed by atoms with E-state index >= 15 is 0 Å². The molecule has 0 unspecified atom stereocenters. The number of hydrogen-bond donors (Lipinski definition) is 0. The summed E-state index contributed by atoms with van der Waals surface area (Å²) in [5, 5.41) is 3.78. The van der Waals surface area contributed by atoms with Crippen molar-refractivity contribution in [2.24, 2.45) is 5.92 Å². The molecule has 0 bridgehead atoms. The fraction of sp³-hybridized carbons (Fsp3) is 0.579. The van der Waals surface area contributed by atoms with Crippen molar-refractivity contribution in [3.63, 3.8) is 0 Å². The number of nitrogens with zero attached hydrogens (tertiary/aromatic N) is 4. The van der Waals surface area contributed by atoms with E-state index in [4.69, 9.17) is 14.0 Å². The highest BCUT2D eigenvalue weighted by molar-refractivity contribution is 5.92. The Morgan fingerprint density at radius 3 is 2.93 bits per heavy atom. The predicted molar refractivity (Wildman–Crippen MR) is 95.4 cm³/mol. The highest BCUT2D eigenvalue weighted by atomic mass is 16.5. The quantitative estimate of drug-likeness (QED) is 0.794. The highest BCUT2D eigenvalue weighted by Crippen LogP contribution is 2.38. The van der Waals surface area contributed by atoms with E-state index in [-0.39, 0.29) is 11.5 Å². The Balaban J connectivity index is 1.26. The predicted octanol–water partition coefficient (Wildman–Crippen LogP) is 2.17. The Kier molecular flexibility index (Phi) is 4.82. The van der Waals surface area contributed by atoms with Gasteiger partial charge in [-0.25, -0.2) is 4.98 Å². The molecule has 0 radical (unpaired) electrons. The molecule has 4 heterocycles. The van der Waals surface area contributed by atoms with E-state index < -0.39 is 0 Å². The van der Waals surface area contributed by atoms with Crippen molar-refractivity contribution in [3.8, 4) is 5.88 Å². The van der Waals surface area contributed by atoms with E-state index in [1.165, 1.54) is 0 Å². The number of carbonyl (C=O) groups excluding carboxylic acids is 1. The van der Waals surface area contributed by atoms with Crippen LogP contribution in [0.2, 0.25) is 0 Å². The van der Waals surface area contributed by atoms with Gasteiger partial charge in [0.1, 0.15) is 5.60 Å². The van der Waals surface area contributed by atoms with Gasteiger partial charge in [-0.3, -0.25) is 9.78 Å². The van der Waals surface area contributed by atoms with Crippen LogP contribution in [0.15, 0.2) is 23.0 Å². The molecule has 0 N–H and O–H groups in total. The summed E-state index contributed by atoms with van der Waals surface area (Å²) < 4.78 is 16.8. The van der Waals surface area contributed by atoms with Crippen molar-refractivity contribution in [1.29, 1.82) is 0 Å². The van der Waals surface area contributed by atoms with Crippen LogP contribution in [-0.4, -0.2) is 57.8 Å². The molecule has 2 saturated heterocycles. The molecule has 2 aliphatic rings. The van der Waals surface area contributed by atoms with Crippen LogP contribution in [0, 0.1) is 19.8 Å². The van der Waals surface area contributed by atoms with Gasteiger partial charge in [0.25, 0.3) is 5.91 Å². The number of carbonyl (C=O) groups is 1. The monoisotopic (exact) mass is 372 g/mol. The van der Waals surface area contributed by atoms with Crippen LogP contribution in [0.4, 0.5) is 0 Å². The van der Waals surface area contributed by atoms with Gasteiger partial charge in [-0.15, -0.1) is 0 Å². The molecule has 1 atom stereocenters. The third-order valence-corrected chi connectivity index (χ3v) is 5.19. The lowest BCUT2D eigenvalue weighted by molar-refractivity contribution is -0.167. The van der Waals surface area contributed by atoms with Gasteiger partial charge in [0.15, 0.2) is 0 Å². The second kappa shape index (κ2) is 7.26.